The molecular weight excluding hydrogens is 404 g/mol. The van der Waals surface area contributed by atoms with Gasteiger partial charge in [-0.15, -0.1) is 0 Å². The predicted octanol–water partition coefficient (Wildman–Crippen LogP) is 3.79. The fourth-order valence-corrected chi connectivity index (χ4v) is 4.15. The van der Waals surface area contributed by atoms with Crippen molar-refractivity contribution in [3.63, 3.8) is 0 Å². The molecule has 0 unspecified atom stereocenters. The molecule has 0 spiro atoms. The van der Waals surface area contributed by atoms with Crippen LogP contribution >= 0.6 is 0 Å². The lowest BCUT2D eigenvalue weighted by molar-refractivity contribution is -0.122. The number of carbonyl (C=O) groups is 1. The van der Waals surface area contributed by atoms with Gasteiger partial charge in [-0.1, -0.05) is 19.1 Å². The summed E-state index contributed by atoms with van der Waals surface area (Å²) in [6.07, 6.45) is -0.307. The Labute approximate surface area is 178 Å². The second kappa shape index (κ2) is 9.95. The van der Waals surface area contributed by atoms with Crippen molar-refractivity contribution in [1.29, 1.82) is 0 Å². The lowest BCUT2D eigenvalue weighted by Crippen LogP contribution is -2.33. The number of anilines is 1. The van der Waals surface area contributed by atoms with Gasteiger partial charge in [0.1, 0.15) is 11.5 Å². The molecule has 30 heavy (non-hydrogen) atoms. The van der Waals surface area contributed by atoms with Gasteiger partial charge in [0, 0.05) is 6.04 Å². The van der Waals surface area contributed by atoms with Crippen LogP contribution in [0.1, 0.15) is 38.3 Å². The Balaban J connectivity index is 2.29. The first-order valence-electron chi connectivity index (χ1n) is 9.83. The Morgan fingerprint density at radius 1 is 1.10 bits per heavy atom. The van der Waals surface area contributed by atoms with Crippen LogP contribution in [0.3, 0.4) is 0 Å². The number of benzene rings is 2. The van der Waals surface area contributed by atoms with Gasteiger partial charge in [-0.2, -0.15) is 0 Å². The zero-order valence-corrected chi connectivity index (χ0v) is 19.1. The normalized spacial score (nSPS) is 12.5. The minimum atomic E-state index is -3.72. The molecule has 0 bridgehead atoms. The minimum absolute atomic E-state index is 0.0378. The molecular formula is C22H30N2O5S. The highest BCUT2D eigenvalue weighted by Crippen LogP contribution is 2.29. The van der Waals surface area contributed by atoms with Crippen LogP contribution in [-0.2, 0) is 14.8 Å². The van der Waals surface area contributed by atoms with Crippen LogP contribution in [0, 0.1) is 13.8 Å². The first-order chi connectivity index (χ1) is 14.1. The third-order valence-electron chi connectivity index (χ3n) is 4.62. The fourth-order valence-electron chi connectivity index (χ4n) is 2.87. The Kier molecular flexibility index (Phi) is 7.86. The Morgan fingerprint density at radius 2 is 1.80 bits per heavy atom. The average Bonchev–Trinajstić information content (AvgIpc) is 2.68. The van der Waals surface area contributed by atoms with Crippen molar-refractivity contribution in [2.45, 2.75) is 58.1 Å². The number of aryl methyl sites for hydroxylation is 1. The van der Waals surface area contributed by atoms with Crippen LogP contribution in [-0.4, -0.2) is 33.6 Å². The van der Waals surface area contributed by atoms with Crippen molar-refractivity contribution in [3.8, 4) is 11.5 Å². The van der Waals surface area contributed by atoms with E-state index in [9.17, 15) is 13.2 Å². The van der Waals surface area contributed by atoms with Crippen LogP contribution in [0.5, 0.6) is 11.5 Å². The van der Waals surface area contributed by atoms with Gasteiger partial charge in [0.15, 0.2) is 6.10 Å². The molecule has 0 fully saturated rings. The number of rotatable bonds is 9. The molecule has 2 aromatic carbocycles. The lowest BCUT2D eigenvalue weighted by atomic mass is 10.1. The van der Waals surface area contributed by atoms with Crippen LogP contribution < -0.4 is 19.5 Å². The van der Waals surface area contributed by atoms with Crippen LogP contribution in [0.4, 0.5) is 5.69 Å². The van der Waals surface area contributed by atoms with Crippen molar-refractivity contribution in [2.75, 3.05) is 12.4 Å². The molecule has 2 rings (SSSR count). The van der Waals surface area contributed by atoms with Crippen molar-refractivity contribution in [1.82, 2.24) is 4.72 Å². The van der Waals surface area contributed by atoms with Crippen molar-refractivity contribution in [2.24, 2.45) is 0 Å². The lowest BCUT2D eigenvalue weighted by Gasteiger charge is -2.20. The van der Waals surface area contributed by atoms with Crippen molar-refractivity contribution < 1.29 is 22.7 Å². The second-order valence-corrected chi connectivity index (χ2v) is 9.05. The molecule has 0 radical (unpaired) electrons. The van der Waals surface area contributed by atoms with E-state index in [1.54, 1.807) is 13.8 Å². The van der Waals surface area contributed by atoms with Crippen molar-refractivity contribution in [3.05, 3.63) is 47.5 Å². The van der Waals surface area contributed by atoms with Gasteiger partial charge in [-0.05, 0) is 69.5 Å². The largest absolute Gasteiger partial charge is 0.495 e. The monoisotopic (exact) mass is 434 g/mol. The molecule has 0 aliphatic carbocycles. The number of sulfonamides is 1. The van der Waals surface area contributed by atoms with Gasteiger partial charge in [0.05, 0.1) is 17.7 Å². The maximum absolute atomic E-state index is 12.9. The van der Waals surface area contributed by atoms with E-state index in [1.165, 1.54) is 25.3 Å². The maximum atomic E-state index is 12.9. The first-order valence-corrected chi connectivity index (χ1v) is 11.3. The van der Waals surface area contributed by atoms with Gasteiger partial charge in [-0.3, -0.25) is 4.79 Å². The van der Waals surface area contributed by atoms with Gasteiger partial charge in [0.2, 0.25) is 10.0 Å². The predicted molar refractivity (Wildman–Crippen MR) is 118 cm³/mol. The summed E-state index contributed by atoms with van der Waals surface area (Å²) in [6, 6.07) is 9.74. The minimum Gasteiger partial charge on any atom is -0.495 e. The highest BCUT2D eigenvalue weighted by molar-refractivity contribution is 7.89. The third-order valence-corrected chi connectivity index (χ3v) is 6.27. The summed E-state index contributed by atoms with van der Waals surface area (Å²) in [6.45, 7) is 9.24. The number of amides is 1. The number of methoxy groups -OCH3 is 1. The molecule has 8 heteroatoms. The van der Waals surface area contributed by atoms with E-state index >= 15 is 0 Å². The van der Waals surface area contributed by atoms with Crippen LogP contribution in [0.15, 0.2) is 41.3 Å². The first kappa shape index (κ1) is 23.7. The van der Waals surface area contributed by atoms with Gasteiger partial charge >= 0.3 is 0 Å². The second-order valence-electron chi connectivity index (χ2n) is 7.34. The molecule has 0 aliphatic rings. The molecule has 0 saturated heterocycles. The summed E-state index contributed by atoms with van der Waals surface area (Å²) in [5.41, 5.74) is 2.30. The Bertz CT molecular complexity index is 1000. The highest BCUT2D eigenvalue weighted by Gasteiger charge is 2.23. The summed E-state index contributed by atoms with van der Waals surface area (Å²) >= 11 is 0. The SMILES string of the molecule is CC[C@@H](Oc1cccc(C)c1C)C(=O)Nc1cc(S(=O)(=O)NC(C)C)ccc1OC. The summed E-state index contributed by atoms with van der Waals surface area (Å²) in [5, 5.41) is 2.75. The molecule has 0 heterocycles. The molecule has 0 saturated carbocycles. The van der Waals surface area contributed by atoms with E-state index in [2.05, 4.69) is 10.0 Å². The topological polar surface area (TPSA) is 93.7 Å². The highest BCUT2D eigenvalue weighted by atomic mass is 32.2. The average molecular weight is 435 g/mol. The van der Waals surface area contributed by atoms with Crippen LogP contribution in [0.25, 0.3) is 0 Å². The summed E-state index contributed by atoms with van der Waals surface area (Å²) in [5.74, 6) is 0.609. The van der Waals surface area contributed by atoms with Gasteiger partial charge in [-0.25, -0.2) is 13.1 Å². The summed E-state index contributed by atoms with van der Waals surface area (Å²) in [7, 11) is -2.26. The van der Waals surface area contributed by atoms with Crippen LogP contribution in [0.2, 0.25) is 0 Å². The maximum Gasteiger partial charge on any atom is 0.265 e. The zero-order valence-electron chi connectivity index (χ0n) is 18.3. The number of carbonyl (C=O) groups excluding carboxylic acids is 1. The molecule has 1 amide bonds. The zero-order chi connectivity index (χ0) is 22.5. The van der Waals surface area contributed by atoms with Gasteiger partial charge in [0.25, 0.3) is 5.91 Å². The molecule has 7 nitrogen and oxygen atoms in total. The number of ether oxygens (including phenoxy) is 2. The number of hydrogen-bond donors (Lipinski definition) is 2. The summed E-state index contributed by atoms with van der Waals surface area (Å²) in [4.78, 5) is 12.9. The van der Waals surface area contributed by atoms with E-state index in [1.807, 2.05) is 39.0 Å². The summed E-state index contributed by atoms with van der Waals surface area (Å²) < 4.78 is 38.7. The standard InChI is InChI=1S/C22H30N2O5S/c1-7-19(29-20-10-8-9-15(4)16(20)5)22(25)23-18-13-17(11-12-21(18)28-6)30(26,27)24-14(2)3/h8-14,19,24H,7H2,1-6H3,(H,23,25)/t19-/m1/s1. The number of nitrogens with one attached hydrogen (secondary N) is 2. The Hall–Kier alpha value is -2.58. The number of hydrogen-bond acceptors (Lipinski definition) is 5. The third kappa shape index (κ3) is 5.73. The molecule has 164 valence electrons. The van der Waals surface area contributed by atoms with E-state index in [-0.39, 0.29) is 22.5 Å². The fraction of sp³-hybridized carbons (Fsp3) is 0.409. The van der Waals surface area contributed by atoms with Crippen molar-refractivity contribution >= 4 is 21.6 Å². The molecule has 0 aromatic heterocycles. The molecule has 2 aromatic rings. The van der Waals surface area contributed by atoms with E-state index in [0.29, 0.717) is 17.9 Å². The quantitative estimate of drug-likeness (QED) is 0.626. The Morgan fingerprint density at radius 3 is 2.40 bits per heavy atom. The smallest absolute Gasteiger partial charge is 0.265 e. The molecule has 2 N–H and O–H groups in total. The molecule has 1 atom stereocenters. The van der Waals surface area contributed by atoms with E-state index < -0.39 is 16.1 Å². The molecule has 0 aliphatic heterocycles. The van der Waals surface area contributed by atoms with E-state index in [4.69, 9.17) is 9.47 Å². The van der Waals surface area contributed by atoms with E-state index in [0.717, 1.165) is 11.1 Å². The van der Waals surface area contributed by atoms with Gasteiger partial charge < -0.3 is 14.8 Å².